The van der Waals surface area contributed by atoms with Crippen LogP contribution in [0.2, 0.25) is 0 Å². The molecule has 0 radical (unpaired) electrons. The highest BCUT2D eigenvalue weighted by molar-refractivity contribution is 7.09. The molecule has 2 rings (SSSR count). The highest BCUT2D eigenvalue weighted by Crippen LogP contribution is 2.28. The first-order valence-electron chi connectivity index (χ1n) is 8.04. The van der Waals surface area contributed by atoms with Crippen LogP contribution in [0.3, 0.4) is 0 Å². The fraction of sp³-hybridized carbons (Fsp3) is 0.750. The number of nitrogens with zero attached hydrogens (tertiary/aromatic N) is 2. The largest absolute Gasteiger partial charge is 0.356 e. The minimum atomic E-state index is 0.790. The van der Waals surface area contributed by atoms with Crippen molar-refractivity contribution in [1.29, 1.82) is 0 Å². The average Bonchev–Trinajstić information content (AvgIpc) is 2.90. The maximum absolute atomic E-state index is 4.48. The Morgan fingerprint density at radius 3 is 2.86 bits per heavy atom. The number of aryl methyl sites for hydroxylation is 1. The van der Waals surface area contributed by atoms with Gasteiger partial charge in [-0.25, -0.2) is 4.98 Å². The van der Waals surface area contributed by atoms with Crippen LogP contribution in [0.5, 0.6) is 0 Å². The number of aromatic nitrogens is 1. The molecule has 0 aliphatic heterocycles. The molecule has 5 heteroatoms. The van der Waals surface area contributed by atoms with Gasteiger partial charge in [0.25, 0.3) is 0 Å². The first kappa shape index (κ1) is 16.3. The van der Waals surface area contributed by atoms with Gasteiger partial charge in [-0.3, -0.25) is 4.99 Å². The van der Waals surface area contributed by atoms with E-state index < -0.39 is 0 Å². The molecule has 118 valence electrons. The SMILES string of the molecule is CN=C(NCCc1csc(C)n1)NCC1CCCCC1C. The summed E-state index contributed by atoms with van der Waals surface area (Å²) in [4.78, 5) is 8.79. The Morgan fingerprint density at radius 2 is 2.19 bits per heavy atom. The van der Waals surface area contributed by atoms with Crippen molar-refractivity contribution in [3.8, 4) is 0 Å². The van der Waals surface area contributed by atoms with Gasteiger partial charge < -0.3 is 10.6 Å². The van der Waals surface area contributed by atoms with Crippen LogP contribution in [-0.2, 0) is 6.42 Å². The summed E-state index contributed by atoms with van der Waals surface area (Å²) in [6, 6.07) is 0. The third-order valence-electron chi connectivity index (χ3n) is 4.38. The maximum atomic E-state index is 4.48. The van der Waals surface area contributed by atoms with Crippen molar-refractivity contribution in [3.05, 3.63) is 16.1 Å². The summed E-state index contributed by atoms with van der Waals surface area (Å²) in [5.74, 6) is 2.54. The zero-order chi connectivity index (χ0) is 15.1. The number of aliphatic imine (C=N–C) groups is 1. The maximum Gasteiger partial charge on any atom is 0.190 e. The van der Waals surface area contributed by atoms with Gasteiger partial charge in [0.1, 0.15) is 0 Å². The summed E-state index contributed by atoms with van der Waals surface area (Å²) in [7, 11) is 1.84. The smallest absolute Gasteiger partial charge is 0.190 e. The lowest BCUT2D eigenvalue weighted by atomic mass is 9.80. The van der Waals surface area contributed by atoms with E-state index in [-0.39, 0.29) is 0 Å². The fourth-order valence-corrected chi connectivity index (χ4v) is 3.62. The molecule has 1 heterocycles. The Kier molecular flexibility index (Phi) is 6.49. The molecule has 0 bridgehead atoms. The van der Waals surface area contributed by atoms with Crippen LogP contribution in [0.1, 0.15) is 43.3 Å². The molecule has 0 aromatic carbocycles. The fourth-order valence-electron chi connectivity index (χ4n) is 2.98. The summed E-state index contributed by atoms with van der Waals surface area (Å²) in [5, 5.41) is 10.1. The van der Waals surface area contributed by atoms with E-state index in [0.29, 0.717) is 0 Å². The van der Waals surface area contributed by atoms with Gasteiger partial charge in [0, 0.05) is 31.9 Å². The van der Waals surface area contributed by atoms with Gasteiger partial charge in [-0.1, -0.05) is 26.2 Å². The standard InChI is InChI=1S/C16H28N4S/c1-12-6-4-5-7-14(12)10-19-16(17-3)18-9-8-15-11-21-13(2)20-15/h11-12,14H,4-10H2,1-3H3,(H2,17,18,19). The van der Waals surface area contributed by atoms with Crippen LogP contribution in [0.4, 0.5) is 0 Å². The molecule has 2 N–H and O–H groups in total. The Balaban J connectivity index is 1.68. The molecule has 1 aliphatic carbocycles. The van der Waals surface area contributed by atoms with Crippen molar-refractivity contribution in [1.82, 2.24) is 15.6 Å². The van der Waals surface area contributed by atoms with Crippen LogP contribution in [0.25, 0.3) is 0 Å². The van der Waals surface area contributed by atoms with Gasteiger partial charge in [0.05, 0.1) is 10.7 Å². The first-order valence-corrected chi connectivity index (χ1v) is 8.92. The third-order valence-corrected chi connectivity index (χ3v) is 5.21. The quantitative estimate of drug-likeness (QED) is 0.649. The second-order valence-corrected chi connectivity index (χ2v) is 7.07. The van der Waals surface area contributed by atoms with E-state index in [1.165, 1.54) is 31.4 Å². The van der Waals surface area contributed by atoms with Crippen LogP contribution >= 0.6 is 11.3 Å². The van der Waals surface area contributed by atoms with Gasteiger partial charge in [0.15, 0.2) is 5.96 Å². The number of guanidine groups is 1. The van der Waals surface area contributed by atoms with E-state index in [1.807, 2.05) is 14.0 Å². The van der Waals surface area contributed by atoms with Crippen molar-refractivity contribution >= 4 is 17.3 Å². The summed E-state index contributed by atoms with van der Waals surface area (Å²) < 4.78 is 0. The number of hydrogen-bond donors (Lipinski definition) is 2. The number of hydrogen-bond acceptors (Lipinski definition) is 3. The van der Waals surface area contributed by atoms with Crippen molar-refractivity contribution in [2.45, 2.75) is 46.0 Å². The Labute approximate surface area is 132 Å². The predicted molar refractivity (Wildman–Crippen MR) is 91.0 cm³/mol. The van der Waals surface area contributed by atoms with Gasteiger partial charge >= 0.3 is 0 Å². The normalized spacial score (nSPS) is 23.1. The molecule has 1 saturated carbocycles. The topological polar surface area (TPSA) is 49.3 Å². The molecular formula is C16H28N4S. The van der Waals surface area contributed by atoms with E-state index in [2.05, 4.69) is 32.9 Å². The Hall–Kier alpha value is -1.10. The van der Waals surface area contributed by atoms with Crippen molar-refractivity contribution in [2.24, 2.45) is 16.8 Å². The highest BCUT2D eigenvalue weighted by atomic mass is 32.1. The van der Waals surface area contributed by atoms with Gasteiger partial charge in [-0.2, -0.15) is 0 Å². The van der Waals surface area contributed by atoms with E-state index in [1.54, 1.807) is 11.3 Å². The van der Waals surface area contributed by atoms with Gasteiger partial charge in [-0.15, -0.1) is 11.3 Å². The lowest BCUT2D eigenvalue weighted by Gasteiger charge is -2.29. The van der Waals surface area contributed by atoms with Crippen LogP contribution in [0, 0.1) is 18.8 Å². The average molecular weight is 308 g/mol. The first-order chi connectivity index (χ1) is 10.2. The molecule has 21 heavy (non-hydrogen) atoms. The lowest BCUT2D eigenvalue weighted by Crippen LogP contribution is -2.42. The van der Waals surface area contributed by atoms with Crippen LogP contribution in [-0.4, -0.2) is 31.1 Å². The number of rotatable bonds is 5. The molecule has 0 saturated heterocycles. The highest BCUT2D eigenvalue weighted by Gasteiger charge is 2.21. The molecule has 2 unspecified atom stereocenters. The van der Waals surface area contributed by atoms with Crippen molar-refractivity contribution in [3.63, 3.8) is 0 Å². The molecule has 0 spiro atoms. The zero-order valence-electron chi connectivity index (χ0n) is 13.5. The minimum Gasteiger partial charge on any atom is -0.356 e. The van der Waals surface area contributed by atoms with E-state index in [0.717, 1.165) is 42.3 Å². The Bertz CT molecular complexity index is 455. The van der Waals surface area contributed by atoms with E-state index in [4.69, 9.17) is 0 Å². The second-order valence-electron chi connectivity index (χ2n) is 6.01. The molecule has 0 amide bonds. The van der Waals surface area contributed by atoms with Gasteiger partial charge in [0.2, 0.25) is 0 Å². The molecular weight excluding hydrogens is 280 g/mol. The van der Waals surface area contributed by atoms with Crippen LogP contribution in [0.15, 0.2) is 10.4 Å². The zero-order valence-corrected chi connectivity index (χ0v) is 14.3. The summed E-state index contributed by atoms with van der Waals surface area (Å²) >= 11 is 1.71. The summed E-state index contributed by atoms with van der Waals surface area (Å²) in [6.07, 6.45) is 6.46. The van der Waals surface area contributed by atoms with Crippen molar-refractivity contribution in [2.75, 3.05) is 20.1 Å². The molecule has 2 atom stereocenters. The molecule has 1 aromatic rings. The van der Waals surface area contributed by atoms with Crippen LogP contribution < -0.4 is 10.6 Å². The molecule has 1 fully saturated rings. The van der Waals surface area contributed by atoms with E-state index in [9.17, 15) is 0 Å². The third kappa shape index (κ3) is 5.30. The van der Waals surface area contributed by atoms with E-state index >= 15 is 0 Å². The minimum absolute atomic E-state index is 0.790. The second kappa shape index (κ2) is 8.37. The Morgan fingerprint density at radius 1 is 1.38 bits per heavy atom. The summed E-state index contributed by atoms with van der Waals surface area (Å²) in [5.41, 5.74) is 1.17. The molecule has 1 aromatic heterocycles. The van der Waals surface area contributed by atoms with Crippen molar-refractivity contribution < 1.29 is 0 Å². The monoisotopic (exact) mass is 308 g/mol. The molecule has 4 nitrogen and oxygen atoms in total. The summed E-state index contributed by atoms with van der Waals surface area (Å²) in [6.45, 7) is 6.35. The lowest BCUT2D eigenvalue weighted by molar-refractivity contribution is 0.256. The van der Waals surface area contributed by atoms with Gasteiger partial charge in [-0.05, 0) is 25.2 Å². The molecule has 1 aliphatic rings. The number of thiazole rings is 1. The number of nitrogens with one attached hydrogen (secondary N) is 2. The predicted octanol–water partition coefficient (Wildman–Crippen LogP) is 2.99.